The fourth-order valence-corrected chi connectivity index (χ4v) is 5.86. The van der Waals surface area contributed by atoms with Gasteiger partial charge in [0.2, 0.25) is 5.91 Å². The molecular weight excluding hydrogens is 515 g/mol. The fourth-order valence-electron chi connectivity index (χ4n) is 5.06. The molecule has 2 aliphatic heterocycles. The van der Waals surface area contributed by atoms with Gasteiger partial charge in [0.05, 0.1) is 0 Å². The third kappa shape index (κ3) is 13.9. The molecule has 1 amide bonds. The quantitative estimate of drug-likeness (QED) is 0.0831. The lowest BCUT2D eigenvalue weighted by Crippen LogP contribution is -2.50. The number of hydrogen-bond acceptors (Lipinski definition) is 8. The minimum Gasteiger partial charge on any atom is -0.480 e. The Labute approximate surface area is 225 Å². The standard InChI is InChI=1S/C23H45N8O6P/c24-27-26-9-3-7-22(32)25-8-2-1-6-21(23(33)34)31-13-5-11-28-14-15-29(18-19-31)10-4-12-30(17-16-28)20-38(35,36)37/h21H,1-20H2,(H,25,32)(H,33,34)(H2,35,36,37). The summed E-state index contributed by atoms with van der Waals surface area (Å²) in [4.78, 5) is 54.1. The van der Waals surface area contributed by atoms with E-state index in [-0.39, 0.29) is 12.2 Å². The molecule has 0 aromatic heterocycles. The molecule has 2 rings (SSSR count). The second kappa shape index (κ2) is 17.8. The summed E-state index contributed by atoms with van der Waals surface area (Å²) in [5, 5.41) is 16.2. The van der Waals surface area contributed by atoms with Crippen LogP contribution in [-0.4, -0.2) is 137 Å². The number of carboxylic acid groups (broad SMARTS) is 1. The van der Waals surface area contributed by atoms with E-state index in [1.54, 1.807) is 0 Å². The number of hydrogen-bond donors (Lipinski definition) is 4. The predicted octanol–water partition coefficient (Wildman–Crippen LogP) is 0.967. The first-order valence-electron chi connectivity index (χ1n) is 13.6. The molecule has 2 aliphatic rings. The van der Waals surface area contributed by atoms with Crippen LogP contribution in [0.3, 0.4) is 0 Å². The number of carboxylic acids is 1. The van der Waals surface area contributed by atoms with Gasteiger partial charge in [-0.25, -0.2) is 0 Å². The number of azide groups is 1. The highest BCUT2D eigenvalue weighted by Gasteiger charge is 2.27. The summed E-state index contributed by atoms with van der Waals surface area (Å²) in [6.07, 6.45) is 4.14. The topological polar surface area (TPSA) is 186 Å². The first-order chi connectivity index (χ1) is 18.2. The molecule has 0 aliphatic carbocycles. The van der Waals surface area contributed by atoms with Crippen LogP contribution in [-0.2, 0) is 14.2 Å². The Morgan fingerprint density at radius 1 is 0.921 bits per heavy atom. The first-order valence-corrected chi connectivity index (χ1v) is 15.4. The fraction of sp³-hybridized carbons (Fsp3) is 0.913. The van der Waals surface area contributed by atoms with Gasteiger partial charge < -0.3 is 30.0 Å². The summed E-state index contributed by atoms with van der Waals surface area (Å²) in [7, 11) is -4.10. The molecule has 2 fully saturated rings. The number of carbonyl (C=O) groups excluding carboxylic acids is 1. The summed E-state index contributed by atoms with van der Waals surface area (Å²) in [5.74, 6) is -0.909. The SMILES string of the molecule is [N-]=[N+]=NCCCC(=O)NCCCCC(C(=O)O)N1CCCN2CCN(CCCN(CP(=O)(O)O)CC2)CC1. The average molecular weight is 561 g/mol. The van der Waals surface area contributed by atoms with Crippen molar-refractivity contribution < 1.29 is 29.0 Å². The van der Waals surface area contributed by atoms with E-state index in [2.05, 4.69) is 30.0 Å². The van der Waals surface area contributed by atoms with Gasteiger partial charge in [-0.05, 0) is 57.1 Å². The maximum atomic E-state index is 12.2. The average Bonchev–Trinajstić information content (AvgIpc) is 2.85. The maximum Gasteiger partial charge on any atom is 0.339 e. The van der Waals surface area contributed by atoms with Crippen LogP contribution in [0.4, 0.5) is 0 Å². The Kier molecular flexibility index (Phi) is 15.2. The third-order valence-corrected chi connectivity index (χ3v) is 7.87. The molecule has 3 unspecified atom stereocenters. The molecule has 14 nitrogen and oxygen atoms in total. The molecule has 3 atom stereocenters. The van der Waals surface area contributed by atoms with E-state index >= 15 is 0 Å². The van der Waals surface area contributed by atoms with E-state index in [0.29, 0.717) is 71.4 Å². The number of carbonyl (C=O) groups is 2. The van der Waals surface area contributed by atoms with E-state index in [9.17, 15) is 29.0 Å². The number of rotatable bonds is 13. The van der Waals surface area contributed by atoms with Crippen molar-refractivity contribution in [3.8, 4) is 0 Å². The molecule has 2 heterocycles. The Hall–Kier alpha value is -1.76. The highest BCUT2D eigenvalue weighted by molar-refractivity contribution is 7.51. The maximum absolute atomic E-state index is 12.2. The van der Waals surface area contributed by atoms with Crippen LogP contribution in [0.15, 0.2) is 5.11 Å². The summed E-state index contributed by atoms with van der Waals surface area (Å²) < 4.78 is 11.5. The van der Waals surface area contributed by atoms with Gasteiger partial charge in [0.1, 0.15) is 12.3 Å². The van der Waals surface area contributed by atoms with Crippen molar-refractivity contribution in [3.05, 3.63) is 10.4 Å². The highest BCUT2D eigenvalue weighted by atomic mass is 31.2. The van der Waals surface area contributed by atoms with Crippen LogP contribution >= 0.6 is 7.60 Å². The number of nitrogens with one attached hydrogen (secondary N) is 1. The largest absolute Gasteiger partial charge is 0.480 e. The van der Waals surface area contributed by atoms with Gasteiger partial charge in [-0.3, -0.25) is 24.0 Å². The Bertz CT molecular complexity index is 824. The zero-order chi connectivity index (χ0) is 27.8. The van der Waals surface area contributed by atoms with Crippen molar-refractivity contribution in [1.29, 1.82) is 0 Å². The lowest BCUT2D eigenvalue weighted by atomic mass is 10.1. The minimum absolute atomic E-state index is 0.0910. The van der Waals surface area contributed by atoms with Crippen molar-refractivity contribution >= 4 is 19.5 Å². The molecular formula is C23H45N8O6P. The van der Waals surface area contributed by atoms with Crippen molar-refractivity contribution in [2.75, 3.05) is 84.8 Å². The summed E-state index contributed by atoms with van der Waals surface area (Å²) >= 11 is 0. The molecule has 0 saturated carbocycles. The molecule has 2 saturated heterocycles. The summed E-state index contributed by atoms with van der Waals surface area (Å²) in [6.45, 7) is 8.24. The molecule has 218 valence electrons. The minimum atomic E-state index is -4.10. The predicted molar refractivity (Wildman–Crippen MR) is 144 cm³/mol. The van der Waals surface area contributed by atoms with Crippen LogP contribution in [0, 0.1) is 0 Å². The van der Waals surface area contributed by atoms with Gasteiger partial charge in [-0.15, -0.1) is 0 Å². The molecule has 38 heavy (non-hydrogen) atoms. The number of unbranched alkanes of at least 4 members (excludes halogenated alkanes) is 1. The second-order valence-electron chi connectivity index (χ2n) is 10.1. The number of nitrogens with zero attached hydrogens (tertiary/aromatic N) is 7. The van der Waals surface area contributed by atoms with E-state index in [4.69, 9.17) is 5.53 Å². The van der Waals surface area contributed by atoms with Gasteiger partial charge in [-0.1, -0.05) is 5.11 Å². The van der Waals surface area contributed by atoms with Gasteiger partial charge in [-0.2, -0.15) is 0 Å². The molecule has 2 bridgehead atoms. The summed E-state index contributed by atoms with van der Waals surface area (Å²) in [6, 6.07) is -0.573. The molecule has 0 radical (unpaired) electrons. The third-order valence-electron chi connectivity index (χ3n) is 7.10. The lowest BCUT2D eigenvalue weighted by Gasteiger charge is -2.37. The van der Waals surface area contributed by atoms with Gasteiger partial charge in [0.15, 0.2) is 0 Å². The van der Waals surface area contributed by atoms with Crippen molar-refractivity contribution in [3.63, 3.8) is 0 Å². The number of aliphatic carboxylic acids is 1. The zero-order valence-corrected chi connectivity index (χ0v) is 23.3. The van der Waals surface area contributed by atoms with E-state index in [1.807, 2.05) is 4.90 Å². The zero-order valence-electron chi connectivity index (χ0n) is 22.4. The first kappa shape index (κ1) is 32.5. The Morgan fingerprint density at radius 3 is 2.24 bits per heavy atom. The second-order valence-corrected chi connectivity index (χ2v) is 11.7. The van der Waals surface area contributed by atoms with Crippen LogP contribution in [0.1, 0.15) is 44.9 Å². The normalized spacial score (nSPS) is 23.2. The molecule has 0 spiro atoms. The van der Waals surface area contributed by atoms with E-state index < -0.39 is 19.6 Å². The van der Waals surface area contributed by atoms with Gasteiger partial charge in [0, 0.05) is 76.8 Å². The van der Waals surface area contributed by atoms with Crippen LogP contribution in [0.5, 0.6) is 0 Å². The van der Waals surface area contributed by atoms with Crippen LogP contribution in [0.2, 0.25) is 0 Å². The number of amides is 1. The molecule has 4 N–H and O–H groups in total. The smallest absolute Gasteiger partial charge is 0.339 e. The summed E-state index contributed by atoms with van der Waals surface area (Å²) in [5.41, 5.74) is 8.26. The molecule has 0 aromatic rings. The molecule has 0 aromatic carbocycles. The molecule has 15 heteroatoms. The van der Waals surface area contributed by atoms with Crippen molar-refractivity contribution in [2.45, 2.75) is 51.0 Å². The van der Waals surface area contributed by atoms with Gasteiger partial charge >= 0.3 is 13.6 Å². The van der Waals surface area contributed by atoms with Crippen LogP contribution in [0.25, 0.3) is 10.4 Å². The monoisotopic (exact) mass is 560 g/mol. The van der Waals surface area contributed by atoms with E-state index in [0.717, 1.165) is 52.1 Å². The van der Waals surface area contributed by atoms with E-state index in [1.165, 1.54) is 0 Å². The number of fused-ring (bicyclic) bond motifs is 3. The Balaban J connectivity index is 1.85. The highest BCUT2D eigenvalue weighted by Crippen LogP contribution is 2.35. The van der Waals surface area contributed by atoms with Crippen molar-refractivity contribution in [1.82, 2.24) is 24.9 Å². The van der Waals surface area contributed by atoms with Gasteiger partial charge in [0.25, 0.3) is 0 Å². The lowest BCUT2D eigenvalue weighted by molar-refractivity contribution is -0.144. The Morgan fingerprint density at radius 2 is 1.58 bits per heavy atom. The van der Waals surface area contributed by atoms with Crippen LogP contribution < -0.4 is 5.32 Å². The van der Waals surface area contributed by atoms with Crippen molar-refractivity contribution in [2.24, 2.45) is 5.11 Å².